The number of anilines is 1. The van der Waals surface area contributed by atoms with Crippen LogP contribution in [-0.4, -0.2) is 10.9 Å². The number of furan rings is 1. The number of rotatable bonds is 3. The molecule has 0 atom stereocenters. The van der Waals surface area contributed by atoms with Crippen LogP contribution in [0, 0.1) is 0 Å². The van der Waals surface area contributed by atoms with Crippen molar-refractivity contribution in [2.24, 2.45) is 0 Å². The van der Waals surface area contributed by atoms with Crippen LogP contribution in [0.15, 0.2) is 62.9 Å². The molecule has 0 unspecified atom stereocenters. The maximum Gasteiger partial charge on any atom is 0.291 e. The molecule has 3 heterocycles. The maximum absolute atomic E-state index is 12.0. The predicted octanol–water partition coefficient (Wildman–Crippen LogP) is 4.40. The first-order chi connectivity index (χ1) is 10.8. The number of hydrogen-bond donors (Lipinski definition) is 1. The first-order valence-electron chi connectivity index (χ1n) is 6.59. The molecule has 0 spiro atoms. The first kappa shape index (κ1) is 12.8. The second kappa shape index (κ2) is 5.16. The van der Waals surface area contributed by atoms with Crippen molar-refractivity contribution in [3.63, 3.8) is 0 Å². The molecule has 6 heteroatoms. The number of nitrogens with zero attached hydrogens (tertiary/aromatic N) is 1. The van der Waals surface area contributed by atoms with Crippen LogP contribution >= 0.6 is 11.3 Å². The lowest BCUT2D eigenvalue weighted by molar-refractivity contribution is 0.0996. The van der Waals surface area contributed by atoms with Crippen molar-refractivity contribution in [2.45, 2.75) is 0 Å². The highest BCUT2D eigenvalue weighted by atomic mass is 32.1. The molecule has 0 aliphatic rings. The zero-order valence-corrected chi connectivity index (χ0v) is 12.1. The van der Waals surface area contributed by atoms with E-state index < -0.39 is 0 Å². The standard InChI is InChI=1S/C16H10N2O3S/c19-15(13-3-1-7-20-13)17-10-5-6-12-11(9-10)18-16(21-12)14-4-2-8-22-14/h1-9H,(H,17,19). The Hall–Kier alpha value is -2.86. The van der Waals surface area contributed by atoms with Crippen LogP contribution in [0.1, 0.15) is 10.6 Å². The molecule has 3 aromatic heterocycles. The van der Waals surface area contributed by atoms with Gasteiger partial charge >= 0.3 is 0 Å². The van der Waals surface area contributed by atoms with E-state index in [4.69, 9.17) is 8.83 Å². The normalized spacial score (nSPS) is 10.9. The quantitative estimate of drug-likeness (QED) is 0.609. The minimum Gasteiger partial charge on any atom is -0.459 e. The summed E-state index contributed by atoms with van der Waals surface area (Å²) < 4.78 is 10.8. The SMILES string of the molecule is O=C(Nc1ccc2oc(-c3cccs3)nc2c1)c1ccco1. The summed E-state index contributed by atoms with van der Waals surface area (Å²) in [6, 6.07) is 12.5. The number of aromatic nitrogens is 1. The number of carbonyl (C=O) groups is 1. The number of carbonyl (C=O) groups excluding carboxylic acids is 1. The largest absolute Gasteiger partial charge is 0.459 e. The van der Waals surface area contributed by atoms with Crippen LogP contribution in [0.25, 0.3) is 21.9 Å². The highest BCUT2D eigenvalue weighted by Gasteiger charge is 2.12. The summed E-state index contributed by atoms with van der Waals surface area (Å²) in [5.74, 6) is 0.547. The molecular formula is C16H10N2O3S. The molecule has 0 saturated heterocycles. The Kier molecular flexibility index (Phi) is 3.01. The van der Waals surface area contributed by atoms with Gasteiger partial charge in [0.25, 0.3) is 5.91 Å². The minimum atomic E-state index is -0.300. The van der Waals surface area contributed by atoms with Crippen molar-refractivity contribution in [3.05, 3.63) is 59.9 Å². The lowest BCUT2D eigenvalue weighted by Gasteiger charge is -2.01. The molecule has 1 aromatic carbocycles. The van der Waals surface area contributed by atoms with Gasteiger partial charge in [-0.25, -0.2) is 4.98 Å². The summed E-state index contributed by atoms with van der Waals surface area (Å²) in [6.07, 6.45) is 1.46. The number of thiophene rings is 1. The zero-order valence-electron chi connectivity index (χ0n) is 11.3. The second-order valence-electron chi connectivity index (χ2n) is 4.61. The smallest absolute Gasteiger partial charge is 0.291 e. The fourth-order valence-electron chi connectivity index (χ4n) is 2.11. The van der Waals surface area contributed by atoms with Gasteiger partial charge in [-0.1, -0.05) is 6.07 Å². The number of fused-ring (bicyclic) bond motifs is 1. The van der Waals surface area contributed by atoms with Gasteiger partial charge in [0.15, 0.2) is 11.3 Å². The Morgan fingerprint density at radius 1 is 1.18 bits per heavy atom. The second-order valence-corrected chi connectivity index (χ2v) is 5.56. The van der Waals surface area contributed by atoms with Crippen LogP contribution in [0.5, 0.6) is 0 Å². The monoisotopic (exact) mass is 310 g/mol. The van der Waals surface area contributed by atoms with Crippen LogP contribution in [-0.2, 0) is 0 Å². The van der Waals surface area contributed by atoms with E-state index in [1.807, 2.05) is 17.5 Å². The topological polar surface area (TPSA) is 68.3 Å². The summed E-state index contributed by atoms with van der Waals surface area (Å²) in [7, 11) is 0. The van der Waals surface area contributed by atoms with Gasteiger partial charge in [0.05, 0.1) is 11.1 Å². The van der Waals surface area contributed by atoms with E-state index in [1.165, 1.54) is 6.26 Å². The van der Waals surface area contributed by atoms with Crippen LogP contribution in [0.2, 0.25) is 0 Å². The van der Waals surface area contributed by atoms with E-state index >= 15 is 0 Å². The molecule has 0 radical (unpaired) electrons. The molecular weight excluding hydrogens is 300 g/mol. The van der Waals surface area contributed by atoms with Gasteiger partial charge in [-0.2, -0.15) is 0 Å². The average molecular weight is 310 g/mol. The molecule has 4 rings (SSSR count). The average Bonchev–Trinajstić information content (AvgIpc) is 3.26. The van der Waals surface area contributed by atoms with Gasteiger partial charge in [-0.3, -0.25) is 4.79 Å². The summed E-state index contributed by atoms with van der Waals surface area (Å²) in [4.78, 5) is 17.4. The Balaban J connectivity index is 1.64. The van der Waals surface area contributed by atoms with E-state index in [9.17, 15) is 4.79 Å². The summed E-state index contributed by atoms with van der Waals surface area (Å²) in [5, 5.41) is 4.74. The molecule has 1 N–H and O–H groups in total. The number of nitrogens with one attached hydrogen (secondary N) is 1. The van der Waals surface area contributed by atoms with E-state index in [2.05, 4.69) is 10.3 Å². The van der Waals surface area contributed by atoms with Crippen molar-refractivity contribution in [1.82, 2.24) is 4.98 Å². The molecule has 0 aliphatic carbocycles. The third kappa shape index (κ3) is 2.29. The van der Waals surface area contributed by atoms with Gasteiger partial charge in [0.2, 0.25) is 5.89 Å². The van der Waals surface area contributed by atoms with Gasteiger partial charge in [-0.15, -0.1) is 11.3 Å². The van der Waals surface area contributed by atoms with Crippen molar-refractivity contribution in [3.8, 4) is 10.8 Å². The van der Waals surface area contributed by atoms with Crippen LogP contribution < -0.4 is 5.32 Å². The summed E-state index contributed by atoms with van der Waals surface area (Å²) in [5.41, 5.74) is 2.01. The molecule has 1 amide bonds. The highest BCUT2D eigenvalue weighted by Crippen LogP contribution is 2.29. The molecule has 0 aliphatic heterocycles. The number of amides is 1. The van der Waals surface area contributed by atoms with Gasteiger partial charge < -0.3 is 14.2 Å². The minimum absolute atomic E-state index is 0.263. The van der Waals surface area contributed by atoms with Gasteiger partial charge in [0, 0.05) is 5.69 Å². The third-order valence-electron chi connectivity index (χ3n) is 3.12. The van der Waals surface area contributed by atoms with E-state index in [0.29, 0.717) is 22.7 Å². The highest BCUT2D eigenvalue weighted by molar-refractivity contribution is 7.13. The molecule has 22 heavy (non-hydrogen) atoms. The Morgan fingerprint density at radius 2 is 2.14 bits per heavy atom. The fourth-order valence-corrected chi connectivity index (χ4v) is 2.76. The molecule has 0 bridgehead atoms. The van der Waals surface area contributed by atoms with Crippen molar-refractivity contribution < 1.29 is 13.6 Å². The fraction of sp³-hybridized carbons (Fsp3) is 0. The first-order valence-corrected chi connectivity index (χ1v) is 7.47. The molecule has 0 fully saturated rings. The van der Waals surface area contributed by atoms with Crippen LogP contribution in [0.4, 0.5) is 5.69 Å². The summed E-state index contributed by atoms with van der Waals surface area (Å²) >= 11 is 1.57. The Labute approximate surface area is 129 Å². The van der Waals surface area contributed by atoms with Crippen LogP contribution in [0.3, 0.4) is 0 Å². The van der Waals surface area contributed by atoms with E-state index in [0.717, 1.165) is 4.88 Å². The lowest BCUT2D eigenvalue weighted by atomic mass is 10.3. The van der Waals surface area contributed by atoms with Crippen molar-refractivity contribution in [1.29, 1.82) is 0 Å². The zero-order chi connectivity index (χ0) is 14.9. The predicted molar refractivity (Wildman–Crippen MR) is 84.0 cm³/mol. The number of hydrogen-bond acceptors (Lipinski definition) is 5. The van der Waals surface area contributed by atoms with Crippen molar-refractivity contribution >= 4 is 34.0 Å². The van der Waals surface area contributed by atoms with Gasteiger partial charge in [-0.05, 0) is 41.8 Å². The lowest BCUT2D eigenvalue weighted by Crippen LogP contribution is -2.10. The Morgan fingerprint density at radius 3 is 2.91 bits per heavy atom. The number of oxazole rings is 1. The van der Waals surface area contributed by atoms with Crippen molar-refractivity contribution in [2.75, 3.05) is 5.32 Å². The molecule has 5 nitrogen and oxygen atoms in total. The molecule has 4 aromatic rings. The molecule has 0 saturated carbocycles. The van der Waals surface area contributed by atoms with E-state index in [1.54, 1.807) is 41.7 Å². The third-order valence-corrected chi connectivity index (χ3v) is 3.98. The maximum atomic E-state index is 12.0. The molecule has 108 valence electrons. The van der Waals surface area contributed by atoms with E-state index in [-0.39, 0.29) is 11.7 Å². The van der Waals surface area contributed by atoms with Gasteiger partial charge in [0.1, 0.15) is 5.52 Å². The summed E-state index contributed by atoms with van der Waals surface area (Å²) in [6.45, 7) is 0. The Bertz CT molecular complexity index is 924. The number of benzene rings is 1.